The quantitative estimate of drug-likeness (QED) is 0.728. The number of benzene rings is 2. The zero-order valence-corrected chi connectivity index (χ0v) is 17.9. The van der Waals surface area contributed by atoms with Gasteiger partial charge in [0.1, 0.15) is 17.8 Å². The van der Waals surface area contributed by atoms with Crippen LogP contribution in [0, 0.1) is 0 Å². The van der Waals surface area contributed by atoms with E-state index in [0.717, 1.165) is 17.7 Å². The van der Waals surface area contributed by atoms with Crippen LogP contribution >= 0.6 is 11.6 Å². The first-order chi connectivity index (χ1) is 15.6. The molecule has 3 amide bonds. The number of hydrogen-bond donors (Lipinski definition) is 1. The molecule has 2 atom stereocenters. The van der Waals surface area contributed by atoms with Gasteiger partial charge in [-0.3, -0.25) is 14.4 Å². The molecule has 0 unspecified atom stereocenters. The lowest BCUT2D eigenvalue weighted by molar-refractivity contribution is -0.274. The first-order valence-electron chi connectivity index (χ1n) is 10.1. The molecule has 2 aromatic rings. The number of halogens is 4. The first kappa shape index (κ1) is 22.9. The minimum atomic E-state index is -4.83. The smallest absolute Gasteiger partial charge is 0.406 e. The van der Waals surface area contributed by atoms with Crippen molar-refractivity contribution in [3.05, 3.63) is 64.7 Å². The van der Waals surface area contributed by atoms with E-state index in [0.29, 0.717) is 11.4 Å². The predicted molar refractivity (Wildman–Crippen MR) is 112 cm³/mol. The van der Waals surface area contributed by atoms with Crippen LogP contribution in [-0.2, 0) is 16.0 Å². The van der Waals surface area contributed by atoms with Gasteiger partial charge in [-0.1, -0.05) is 23.7 Å². The Morgan fingerprint density at radius 3 is 2.36 bits per heavy atom. The highest BCUT2D eigenvalue weighted by Gasteiger charge is 2.44. The number of ether oxygens (including phenoxy) is 1. The van der Waals surface area contributed by atoms with Gasteiger partial charge in [-0.15, -0.1) is 13.2 Å². The molecular weight excluding hydrogens is 463 g/mol. The van der Waals surface area contributed by atoms with E-state index in [9.17, 15) is 27.6 Å². The van der Waals surface area contributed by atoms with Gasteiger partial charge in [-0.2, -0.15) is 0 Å². The second kappa shape index (κ2) is 8.93. The molecule has 0 radical (unpaired) electrons. The molecular formula is C22H19ClF3N3O4. The van der Waals surface area contributed by atoms with E-state index < -0.39 is 30.1 Å². The van der Waals surface area contributed by atoms with Gasteiger partial charge in [0.05, 0.1) is 6.54 Å². The molecule has 2 aliphatic rings. The molecule has 0 aliphatic carbocycles. The maximum absolute atomic E-state index is 13.0. The summed E-state index contributed by atoms with van der Waals surface area (Å²) >= 11 is 5.89. The van der Waals surface area contributed by atoms with Crippen LogP contribution in [0.3, 0.4) is 0 Å². The lowest BCUT2D eigenvalue weighted by Gasteiger charge is -2.45. The molecule has 2 fully saturated rings. The van der Waals surface area contributed by atoms with E-state index in [1.165, 1.54) is 21.9 Å². The fourth-order valence-electron chi connectivity index (χ4n) is 3.96. The number of nitrogens with one attached hydrogen (secondary N) is 1. The van der Waals surface area contributed by atoms with E-state index >= 15 is 0 Å². The summed E-state index contributed by atoms with van der Waals surface area (Å²) in [6, 6.07) is 10.0. The van der Waals surface area contributed by atoms with Crippen molar-refractivity contribution < 1.29 is 32.3 Å². The molecule has 0 spiro atoms. The number of nitrogens with zero attached hydrogens (tertiary/aromatic N) is 2. The standard InChI is InChI=1S/C22H19ClF3N3O4/c23-15-5-1-13(2-6-15)11-17-21(32)29-10-9-28(12-18(29)19(30)27-17)20(31)14-3-7-16(8-4-14)33-22(24,25)26/h1-8,17-18H,9-12H2,(H,27,30)/t17-,18+/m0/s1. The molecule has 2 aromatic carbocycles. The van der Waals surface area contributed by atoms with Gasteiger partial charge in [-0.25, -0.2) is 0 Å². The van der Waals surface area contributed by atoms with E-state index in [-0.39, 0.29) is 37.0 Å². The number of alkyl halides is 3. The lowest BCUT2D eigenvalue weighted by Crippen LogP contribution is -2.70. The van der Waals surface area contributed by atoms with Gasteiger partial charge >= 0.3 is 6.36 Å². The highest BCUT2D eigenvalue weighted by atomic mass is 35.5. The predicted octanol–water partition coefficient (Wildman–Crippen LogP) is 2.63. The van der Waals surface area contributed by atoms with Crippen molar-refractivity contribution in [1.29, 1.82) is 0 Å². The molecule has 0 aromatic heterocycles. The Kier molecular flexibility index (Phi) is 6.20. The van der Waals surface area contributed by atoms with Crippen LogP contribution in [0.2, 0.25) is 5.02 Å². The minimum absolute atomic E-state index is 0.00905. The Hall–Kier alpha value is -3.27. The molecule has 11 heteroatoms. The molecule has 4 rings (SSSR count). The Bertz CT molecular complexity index is 1060. The third-order valence-corrected chi connectivity index (χ3v) is 5.81. The zero-order chi connectivity index (χ0) is 23.8. The molecule has 174 valence electrons. The molecule has 1 N–H and O–H groups in total. The molecule has 2 aliphatic heterocycles. The van der Waals surface area contributed by atoms with E-state index in [1.54, 1.807) is 24.3 Å². The van der Waals surface area contributed by atoms with Gasteiger partial charge in [0.15, 0.2) is 0 Å². The molecule has 0 bridgehead atoms. The lowest BCUT2D eigenvalue weighted by atomic mass is 9.98. The molecule has 7 nitrogen and oxygen atoms in total. The number of piperazine rings is 2. The number of fused-ring (bicyclic) bond motifs is 1. The van der Waals surface area contributed by atoms with E-state index in [2.05, 4.69) is 10.1 Å². The third kappa shape index (κ3) is 5.22. The molecule has 2 saturated heterocycles. The van der Waals surface area contributed by atoms with Crippen molar-refractivity contribution in [2.24, 2.45) is 0 Å². The summed E-state index contributed by atoms with van der Waals surface area (Å²) in [5.41, 5.74) is 1.00. The van der Waals surface area contributed by atoms with Crippen molar-refractivity contribution in [3.8, 4) is 5.75 Å². The van der Waals surface area contributed by atoms with Crippen molar-refractivity contribution in [2.75, 3.05) is 19.6 Å². The maximum Gasteiger partial charge on any atom is 0.573 e. The Labute approximate surface area is 192 Å². The summed E-state index contributed by atoms with van der Waals surface area (Å²) in [5.74, 6) is -1.47. The van der Waals surface area contributed by atoms with Crippen molar-refractivity contribution >= 4 is 29.3 Å². The van der Waals surface area contributed by atoms with Crippen molar-refractivity contribution in [2.45, 2.75) is 24.9 Å². The number of hydrogen-bond acceptors (Lipinski definition) is 4. The molecule has 0 saturated carbocycles. The van der Waals surface area contributed by atoms with Crippen LogP contribution in [0.1, 0.15) is 15.9 Å². The SMILES string of the molecule is O=C1N[C@@H](Cc2ccc(Cl)cc2)C(=O)N2CCN(C(=O)c3ccc(OC(F)(F)F)cc3)C[C@H]12. The normalized spacial score (nSPS) is 20.8. The van der Waals surface area contributed by atoms with E-state index in [4.69, 9.17) is 11.6 Å². The molecule has 33 heavy (non-hydrogen) atoms. The number of carbonyl (C=O) groups is 3. The van der Waals surface area contributed by atoms with Crippen LogP contribution in [0.15, 0.2) is 48.5 Å². The second-order valence-corrected chi connectivity index (χ2v) is 8.20. The summed E-state index contributed by atoms with van der Waals surface area (Å²) < 4.78 is 40.7. The van der Waals surface area contributed by atoms with Gasteiger partial charge < -0.3 is 19.9 Å². The Balaban J connectivity index is 1.40. The minimum Gasteiger partial charge on any atom is -0.406 e. The summed E-state index contributed by atoms with van der Waals surface area (Å²) in [4.78, 5) is 41.4. The van der Waals surface area contributed by atoms with Crippen LogP contribution in [0.25, 0.3) is 0 Å². The highest BCUT2D eigenvalue weighted by molar-refractivity contribution is 6.30. The zero-order valence-electron chi connectivity index (χ0n) is 17.1. The van der Waals surface area contributed by atoms with Crippen LogP contribution in [0.5, 0.6) is 5.75 Å². The summed E-state index contributed by atoms with van der Waals surface area (Å²) in [6.45, 7) is 0.364. The van der Waals surface area contributed by atoms with Crippen molar-refractivity contribution in [3.63, 3.8) is 0 Å². The number of carbonyl (C=O) groups excluding carboxylic acids is 3. The average molecular weight is 482 g/mol. The Morgan fingerprint density at radius 2 is 1.73 bits per heavy atom. The average Bonchev–Trinajstić information content (AvgIpc) is 2.77. The third-order valence-electron chi connectivity index (χ3n) is 5.56. The fourth-order valence-corrected chi connectivity index (χ4v) is 4.09. The first-order valence-corrected chi connectivity index (χ1v) is 10.5. The Morgan fingerprint density at radius 1 is 1.06 bits per heavy atom. The van der Waals surface area contributed by atoms with Crippen molar-refractivity contribution in [1.82, 2.24) is 15.1 Å². The van der Waals surface area contributed by atoms with Gasteiger partial charge in [0, 0.05) is 30.1 Å². The van der Waals surface area contributed by atoms with Gasteiger partial charge in [0.25, 0.3) is 5.91 Å². The van der Waals surface area contributed by atoms with E-state index in [1.807, 2.05) is 0 Å². The highest BCUT2D eigenvalue weighted by Crippen LogP contribution is 2.24. The fraction of sp³-hybridized carbons (Fsp3) is 0.318. The number of rotatable bonds is 4. The maximum atomic E-state index is 13.0. The summed E-state index contributed by atoms with van der Waals surface area (Å²) in [5, 5.41) is 3.30. The monoisotopic (exact) mass is 481 g/mol. The largest absolute Gasteiger partial charge is 0.573 e. The van der Waals surface area contributed by atoms with Gasteiger partial charge in [-0.05, 0) is 42.0 Å². The topological polar surface area (TPSA) is 79.0 Å². The van der Waals surface area contributed by atoms with Crippen LogP contribution < -0.4 is 10.1 Å². The number of amides is 3. The van der Waals surface area contributed by atoms with Crippen LogP contribution in [-0.4, -0.2) is 65.6 Å². The second-order valence-electron chi connectivity index (χ2n) is 7.76. The van der Waals surface area contributed by atoms with Gasteiger partial charge in [0.2, 0.25) is 11.8 Å². The summed E-state index contributed by atoms with van der Waals surface area (Å²) in [6.07, 6.45) is -4.51. The summed E-state index contributed by atoms with van der Waals surface area (Å²) in [7, 11) is 0. The van der Waals surface area contributed by atoms with Crippen LogP contribution in [0.4, 0.5) is 13.2 Å². The molecule has 2 heterocycles.